The van der Waals surface area contributed by atoms with Gasteiger partial charge in [-0.15, -0.1) is 0 Å². The van der Waals surface area contributed by atoms with E-state index in [1.807, 2.05) is 71.5 Å². The van der Waals surface area contributed by atoms with Crippen molar-refractivity contribution < 1.29 is 31.1 Å². The summed E-state index contributed by atoms with van der Waals surface area (Å²) in [5.74, 6) is 2.68. The van der Waals surface area contributed by atoms with Crippen molar-refractivity contribution in [2.45, 2.75) is 0 Å². The molecule has 25 heteroatoms. The van der Waals surface area contributed by atoms with Crippen molar-refractivity contribution in [2.75, 3.05) is 160 Å². The van der Waals surface area contributed by atoms with E-state index in [0.29, 0.717) is 80.3 Å². The highest BCUT2D eigenvalue weighted by atomic mass is 32.2. The van der Waals surface area contributed by atoms with Gasteiger partial charge in [0, 0.05) is 78.6 Å². The molecule has 0 saturated heterocycles. The third kappa shape index (κ3) is 16.4. The van der Waals surface area contributed by atoms with E-state index >= 15 is 0 Å². The first kappa shape index (κ1) is 58.8. The van der Waals surface area contributed by atoms with Crippen molar-refractivity contribution in [1.82, 2.24) is 29.7 Å². The molecule has 1 amide bonds. The molecule has 0 bridgehead atoms. The minimum atomic E-state index is -3.47. The number of carbonyl (C=O) groups is 1. The first-order valence-electron chi connectivity index (χ1n) is 23.5. The SMILES string of the molecule is C=CC(=O)Nc1cc(Nc2cc(Nc3ccccc3N(C)S(C)(=O)=O)ncn2)c(OC)cc1N(C)CCN(C)C.COc1cc(N(C)CCN(C)C)c(N)cc1Nc1cc(Nc2ccccc2N(C)S(C)(=O)=O)ncn1. The summed E-state index contributed by atoms with van der Waals surface area (Å²) in [6.45, 7) is 6.78. The van der Waals surface area contributed by atoms with Crippen LogP contribution in [-0.2, 0) is 24.8 Å². The molecule has 0 unspecified atom stereocenters. The fraction of sp³-hybridized carbons (Fsp3) is 0.314. The van der Waals surface area contributed by atoms with Crippen LogP contribution in [0, 0.1) is 0 Å². The molecule has 6 rings (SSSR count). The number of anilines is 14. The van der Waals surface area contributed by atoms with Crippen molar-refractivity contribution in [1.29, 1.82) is 0 Å². The Morgan fingerprint density at radius 2 is 0.921 bits per heavy atom. The van der Waals surface area contributed by atoms with Crippen LogP contribution in [0.15, 0.2) is 110 Å². The highest BCUT2D eigenvalue weighted by Crippen LogP contribution is 2.40. The Hall–Kier alpha value is -8.13. The zero-order chi connectivity index (χ0) is 55.9. The summed E-state index contributed by atoms with van der Waals surface area (Å²) >= 11 is 0. The molecule has 23 nitrogen and oxygen atoms in total. The Bertz CT molecular complexity index is 3180. The highest BCUT2D eigenvalue weighted by molar-refractivity contribution is 7.92. The summed E-state index contributed by atoms with van der Waals surface area (Å²) in [6, 6.07) is 24.8. The van der Waals surface area contributed by atoms with Crippen LogP contribution in [0.4, 0.5) is 80.1 Å². The van der Waals surface area contributed by atoms with E-state index in [-0.39, 0.29) is 5.91 Å². The Labute approximate surface area is 446 Å². The maximum atomic E-state index is 12.2. The second-order valence-electron chi connectivity index (χ2n) is 17.9. The first-order chi connectivity index (χ1) is 35.9. The summed E-state index contributed by atoms with van der Waals surface area (Å²) in [7, 11) is 11.2. The summed E-state index contributed by atoms with van der Waals surface area (Å²) in [5, 5.41) is 15.7. The molecular weight excluding hydrogens is 1010 g/mol. The quantitative estimate of drug-likeness (QED) is 0.0281. The van der Waals surface area contributed by atoms with Crippen LogP contribution in [0.5, 0.6) is 11.5 Å². The number of benzene rings is 4. The lowest BCUT2D eigenvalue weighted by Crippen LogP contribution is -2.29. The summed E-state index contributed by atoms with van der Waals surface area (Å²) in [5.41, 5.74) is 12.5. The van der Waals surface area contributed by atoms with Crippen LogP contribution >= 0.6 is 0 Å². The number of para-hydroxylation sites is 4. The third-order valence-corrected chi connectivity index (χ3v) is 13.9. The molecule has 0 radical (unpaired) electrons. The minimum absolute atomic E-state index is 0.343. The third-order valence-electron chi connectivity index (χ3n) is 11.6. The number of nitrogens with zero attached hydrogens (tertiary/aromatic N) is 10. The number of hydrogen-bond donors (Lipinski definition) is 6. The maximum absolute atomic E-state index is 12.2. The number of rotatable bonds is 24. The molecule has 6 aromatic rings. The van der Waals surface area contributed by atoms with Crippen LogP contribution in [0.25, 0.3) is 0 Å². The molecule has 0 saturated carbocycles. The molecule has 2 aromatic heterocycles. The van der Waals surface area contributed by atoms with E-state index in [9.17, 15) is 21.6 Å². The lowest BCUT2D eigenvalue weighted by molar-refractivity contribution is -0.111. The summed E-state index contributed by atoms with van der Waals surface area (Å²) < 4.78 is 62.0. The summed E-state index contributed by atoms with van der Waals surface area (Å²) in [6.07, 6.45) is 6.29. The average Bonchev–Trinajstić information content (AvgIpc) is 3.37. The molecule has 408 valence electrons. The number of sulfonamides is 2. The van der Waals surface area contributed by atoms with Gasteiger partial charge in [0.1, 0.15) is 47.4 Å². The standard InChI is InChI=1S/C27H36N8O4S.C24H34N8O3S/c1-8-27(36)32-20-15-21(24(39-6)16-23(20)34(4)14-13-33(2)3)31-26-17-25(28-18-29-26)30-19-11-9-10-12-22(19)35(5)40(7,37)38;1-30(2)11-12-31(3)21-14-22(35-5)19(13-17(21)25)29-24-15-23(26-16-27-24)28-18-9-7-8-10-20(18)32(4)36(6,33)34/h8-12,15-18H,1,13-14H2,2-7H3,(H,32,36)(H2,28,29,30,31);7-10,13-16H,11-12,25H2,1-6H3,(H2,26,27,28,29). The van der Waals surface area contributed by atoms with E-state index in [4.69, 9.17) is 15.2 Å². The highest BCUT2D eigenvalue weighted by Gasteiger charge is 2.20. The van der Waals surface area contributed by atoms with Crippen LogP contribution < -0.4 is 60.2 Å². The number of hydrogen-bond acceptors (Lipinski definition) is 20. The molecule has 0 fully saturated rings. The van der Waals surface area contributed by atoms with E-state index in [1.165, 1.54) is 41.4 Å². The molecule has 0 spiro atoms. The van der Waals surface area contributed by atoms with Gasteiger partial charge in [-0.05, 0) is 70.7 Å². The number of nitrogens with one attached hydrogen (secondary N) is 5. The Kier molecular flexibility index (Phi) is 20.4. The number of likely N-dealkylation sites (N-methyl/N-ethyl adjacent to an activating group) is 4. The number of amides is 1. The van der Waals surface area contributed by atoms with Gasteiger partial charge >= 0.3 is 0 Å². The lowest BCUT2D eigenvalue weighted by Gasteiger charge is -2.26. The van der Waals surface area contributed by atoms with Gasteiger partial charge in [0.15, 0.2) is 0 Å². The maximum Gasteiger partial charge on any atom is 0.247 e. The van der Waals surface area contributed by atoms with Crippen LogP contribution in [0.2, 0.25) is 0 Å². The van der Waals surface area contributed by atoms with E-state index in [2.05, 4.69) is 67.8 Å². The molecule has 76 heavy (non-hydrogen) atoms. The van der Waals surface area contributed by atoms with Crippen LogP contribution in [0.1, 0.15) is 0 Å². The Morgan fingerprint density at radius 3 is 1.32 bits per heavy atom. The normalized spacial score (nSPS) is 11.2. The van der Waals surface area contributed by atoms with Gasteiger partial charge in [0.25, 0.3) is 0 Å². The van der Waals surface area contributed by atoms with Gasteiger partial charge in [0.2, 0.25) is 26.0 Å². The number of nitrogen functional groups attached to an aromatic ring is 1. The number of nitrogens with two attached hydrogens (primary N) is 1. The van der Waals surface area contributed by atoms with E-state index in [1.54, 1.807) is 74.9 Å². The molecular formula is C51H70N16O7S2. The zero-order valence-electron chi connectivity index (χ0n) is 45.1. The van der Waals surface area contributed by atoms with Crippen molar-refractivity contribution in [3.63, 3.8) is 0 Å². The number of aromatic nitrogens is 4. The van der Waals surface area contributed by atoms with Gasteiger partial charge in [-0.3, -0.25) is 13.4 Å². The first-order valence-corrected chi connectivity index (χ1v) is 27.2. The van der Waals surface area contributed by atoms with Gasteiger partial charge in [-0.25, -0.2) is 36.8 Å². The molecule has 7 N–H and O–H groups in total. The fourth-order valence-corrected chi connectivity index (χ4v) is 8.20. The van der Waals surface area contributed by atoms with Gasteiger partial charge in [0.05, 0.1) is 83.6 Å². The fourth-order valence-electron chi connectivity index (χ4n) is 7.16. The summed E-state index contributed by atoms with van der Waals surface area (Å²) in [4.78, 5) is 37.7. The largest absolute Gasteiger partial charge is 0.494 e. The molecule has 0 aliphatic carbocycles. The van der Waals surface area contributed by atoms with Crippen molar-refractivity contribution >= 4 is 106 Å². The van der Waals surface area contributed by atoms with Crippen molar-refractivity contribution in [3.05, 3.63) is 110 Å². The number of methoxy groups -OCH3 is 2. The predicted molar refractivity (Wildman–Crippen MR) is 309 cm³/mol. The predicted octanol–water partition coefficient (Wildman–Crippen LogP) is 6.44. The lowest BCUT2D eigenvalue weighted by atomic mass is 10.2. The molecule has 0 aliphatic heterocycles. The van der Waals surface area contributed by atoms with Gasteiger partial charge in [-0.1, -0.05) is 30.8 Å². The van der Waals surface area contributed by atoms with Crippen molar-refractivity contribution in [2.24, 2.45) is 0 Å². The minimum Gasteiger partial charge on any atom is -0.494 e. The molecule has 2 heterocycles. The second-order valence-corrected chi connectivity index (χ2v) is 21.9. The topological polar surface area (TPSA) is 261 Å². The molecule has 0 atom stereocenters. The smallest absolute Gasteiger partial charge is 0.247 e. The Morgan fingerprint density at radius 1 is 0.539 bits per heavy atom. The Balaban J connectivity index is 0.000000282. The van der Waals surface area contributed by atoms with Crippen LogP contribution in [-0.4, -0.2) is 162 Å². The van der Waals surface area contributed by atoms with Crippen molar-refractivity contribution in [3.8, 4) is 11.5 Å². The second kappa shape index (κ2) is 26.4. The average molecular weight is 1080 g/mol. The zero-order valence-corrected chi connectivity index (χ0v) is 46.7. The molecule has 0 aliphatic rings. The monoisotopic (exact) mass is 1080 g/mol. The van der Waals surface area contributed by atoms with Crippen LogP contribution in [0.3, 0.4) is 0 Å². The van der Waals surface area contributed by atoms with E-state index in [0.717, 1.165) is 50.1 Å². The number of carbonyl (C=O) groups excluding carboxylic acids is 1. The number of ether oxygens (including phenoxy) is 2. The van der Waals surface area contributed by atoms with Gasteiger partial charge in [-0.2, -0.15) is 0 Å². The molecule has 4 aromatic carbocycles. The van der Waals surface area contributed by atoms with E-state index < -0.39 is 20.0 Å². The van der Waals surface area contributed by atoms with Gasteiger partial charge < -0.3 is 61.4 Å².